The van der Waals surface area contributed by atoms with Crippen molar-refractivity contribution in [2.45, 2.75) is 94.4 Å². The van der Waals surface area contributed by atoms with Crippen molar-refractivity contribution in [1.29, 1.82) is 0 Å². The lowest BCUT2D eigenvalue weighted by molar-refractivity contribution is -0.134. The number of rotatable bonds is 10. The SMILES string of the molecule is Cn1nc(C2CCC(=O)NC2=O)c2cccc(C#CCOC3CCN(CC4CCC(n5cc(NC(=O)c6cnn7cc(F)c(N8C[C@H]9C[C@@H]8CO9)nc67)c(C(F)F)n5)CC4)CC3)c21. The average Bonchev–Trinajstić information content (AvgIpc) is 4.13. The molecule has 1 unspecified atom stereocenters. The molecule has 330 valence electrons. The fraction of sp³-hybridized carbons (Fsp3) is 0.523. The van der Waals surface area contributed by atoms with Gasteiger partial charge in [0, 0.05) is 51.2 Å². The Morgan fingerprint density at radius 2 is 1.89 bits per heavy atom. The molecule has 16 nitrogen and oxygen atoms in total. The number of aryl methyl sites for hydroxylation is 1. The van der Waals surface area contributed by atoms with Crippen molar-refractivity contribution < 1.29 is 37.0 Å². The molecule has 10 rings (SSSR count). The molecule has 4 aromatic heterocycles. The summed E-state index contributed by atoms with van der Waals surface area (Å²) in [5, 5.41) is 18.9. The maximum absolute atomic E-state index is 15.1. The monoisotopic (exact) mass is 867 g/mol. The van der Waals surface area contributed by atoms with Gasteiger partial charge in [0.2, 0.25) is 11.8 Å². The van der Waals surface area contributed by atoms with E-state index in [9.17, 15) is 23.2 Å². The number of imide groups is 1. The minimum Gasteiger partial charge on any atom is -0.374 e. The van der Waals surface area contributed by atoms with Gasteiger partial charge < -0.3 is 24.6 Å². The van der Waals surface area contributed by atoms with Crippen molar-refractivity contribution in [3.63, 3.8) is 0 Å². The molecule has 3 atom stereocenters. The van der Waals surface area contributed by atoms with Crippen molar-refractivity contribution in [2.75, 3.05) is 49.6 Å². The van der Waals surface area contributed by atoms with Crippen LogP contribution < -0.4 is 15.5 Å². The molecule has 3 amide bonds. The predicted octanol–water partition coefficient (Wildman–Crippen LogP) is 4.90. The van der Waals surface area contributed by atoms with E-state index in [0.717, 1.165) is 81.0 Å². The first-order valence-corrected chi connectivity index (χ1v) is 21.8. The summed E-state index contributed by atoms with van der Waals surface area (Å²) in [5.74, 6) is 4.69. The van der Waals surface area contributed by atoms with Crippen LogP contribution in [0, 0.1) is 23.6 Å². The van der Waals surface area contributed by atoms with Gasteiger partial charge in [-0.2, -0.15) is 15.3 Å². The Kier molecular flexibility index (Phi) is 11.1. The van der Waals surface area contributed by atoms with Gasteiger partial charge in [0.1, 0.15) is 12.2 Å². The highest BCUT2D eigenvalue weighted by Crippen LogP contribution is 2.37. The zero-order chi connectivity index (χ0) is 43.4. The van der Waals surface area contributed by atoms with E-state index in [-0.39, 0.29) is 65.2 Å². The van der Waals surface area contributed by atoms with E-state index < -0.39 is 29.8 Å². The largest absolute Gasteiger partial charge is 0.374 e. The summed E-state index contributed by atoms with van der Waals surface area (Å²) in [5.41, 5.74) is 1.89. The molecule has 5 fully saturated rings. The van der Waals surface area contributed by atoms with Crippen LogP contribution in [0.3, 0.4) is 0 Å². The molecule has 4 aliphatic heterocycles. The van der Waals surface area contributed by atoms with Crippen LogP contribution in [0.2, 0.25) is 0 Å². The summed E-state index contributed by atoms with van der Waals surface area (Å²) in [7, 11) is 1.83. The third-order valence-electron chi connectivity index (χ3n) is 13.4. The fourth-order valence-corrected chi connectivity index (χ4v) is 10.1. The fourth-order valence-electron chi connectivity index (χ4n) is 10.1. The van der Waals surface area contributed by atoms with E-state index in [0.29, 0.717) is 37.8 Å². The van der Waals surface area contributed by atoms with Crippen LogP contribution in [0.1, 0.15) is 103 Å². The Labute approximate surface area is 360 Å². The summed E-state index contributed by atoms with van der Waals surface area (Å²) in [4.78, 5) is 46.6. The first-order valence-electron chi connectivity index (χ1n) is 21.8. The number of carbonyl (C=O) groups is 3. The molecule has 1 aliphatic carbocycles. The number of alkyl halides is 2. The first kappa shape index (κ1) is 41.2. The van der Waals surface area contributed by atoms with E-state index in [2.05, 4.69) is 47.7 Å². The number of fused-ring (bicyclic) bond motifs is 4. The molecule has 2 N–H and O–H groups in total. The average molecular weight is 868 g/mol. The van der Waals surface area contributed by atoms with Crippen LogP contribution in [0.25, 0.3) is 16.6 Å². The van der Waals surface area contributed by atoms with E-state index in [1.807, 2.05) is 30.1 Å². The lowest BCUT2D eigenvalue weighted by Gasteiger charge is -2.36. The smallest absolute Gasteiger partial charge is 0.284 e. The van der Waals surface area contributed by atoms with Crippen molar-refractivity contribution in [3.8, 4) is 11.8 Å². The summed E-state index contributed by atoms with van der Waals surface area (Å²) in [6.07, 6.45) is 7.86. The molecule has 8 heterocycles. The topological polar surface area (TPSA) is 166 Å². The molecule has 0 spiro atoms. The van der Waals surface area contributed by atoms with Gasteiger partial charge in [-0.25, -0.2) is 22.7 Å². The van der Waals surface area contributed by atoms with Gasteiger partial charge in [-0.15, -0.1) is 0 Å². The number of anilines is 2. The highest BCUT2D eigenvalue weighted by molar-refractivity contribution is 6.08. The van der Waals surface area contributed by atoms with E-state index in [1.54, 1.807) is 9.36 Å². The number of amides is 3. The second-order valence-electron chi connectivity index (χ2n) is 17.4. The van der Waals surface area contributed by atoms with Gasteiger partial charge in [0.05, 0.1) is 71.7 Å². The Hall–Kier alpha value is -5.84. The minimum absolute atomic E-state index is 0.000418. The molecule has 19 heteroatoms. The van der Waals surface area contributed by atoms with Crippen LogP contribution >= 0.6 is 0 Å². The lowest BCUT2D eigenvalue weighted by Crippen LogP contribution is -2.40. The van der Waals surface area contributed by atoms with E-state index >= 15 is 4.39 Å². The summed E-state index contributed by atoms with van der Waals surface area (Å²) < 4.78 is 60.0. The van der Waals surface area contributed by atoms with Gasteiger partial charge in [0.15, 0.2) is 23.0 Å². The number of benzene rings is 1. The standard InChI is InChI=1S/C44H48F3N11O5/c1-54-39-26(4-2-6-31(39)37(52-54)32-11-12-36(59)50-43(32)60)5-3-17-62-29-13-15-55(16-14-29)20-25-7-9-27(10-8-25)57-23-35(38(53-57)40(46)47)49-44(61)33-19-48-58-22-34(45)42(51-41(33)58)56-21-30-18-28(56)24-63-30/h2,4,6,19,22-23,25,27-30,32,40H,7-18,20-21,24H2,1H3,(H,49,61)(H,50,59,60)/t25?,27?,28-,30-,32?/m1/s1. The molecule has 0 radical (unpaired) electrons. The van der Waals surface area contributed by atoms with Crippen LogP contribution in [0.15, 0.2) is 36.8 Å². The lowest BCUT2D eigenvalue weighted by atomic mass is 9.85. The zero-order valence-electron chi connectivity index (χ0n) is 34.8. The Balaban J connectivity index is 0.700. The first-order chi connectivity index (χ1) is 30.6. The third-order valence-corrected chi connectivity index (χ3v) is 13.4. The second-order valence-corrected chi connectivity index (χ2v) is 17.4. The van der Waals surface area contributed by atoms with Crippen LogP contribution in [-0.4, -0.2) is 114 Å². The van der Waals surface area contributed by atoms with Gasteiger partial charge >= 0.3 is 0 Å². The Bertz CT molecular complexity index is 2630. The molecule has 1 aromatic carbocycles. The van der Waals surface area contributed by atoms with Gasteiger partial charge in [0.25, 0.3) is 12.3 Å². The van der Waals surface area contributed by atoms with Gasteiger partial charge in [-0.1, -0.05) is 24.0 Å². The number of carbonyl (C=O) groups excluding carboxylic acids is 3. The maximum Gasteiger partial charge on any atom is 0.284 e. The molecule has 63 heavy (non-hydrogen) atoms. The Morgan fingerprint density at radius 1 is 1.06 bits per heavy atom. The minimum atomic E-state index is -2.91. The number of likely N-dealkylation sites (tertiary alicyclic amines) is 1. The number of hydrogen-bond donors (Lipinski definition) is 2. The highest BCUT2D eigenvalue weighted by Gasteiger charge is 2.41. The number of nitrogens with one attached hydrogen (secondary N) is 2. The molecular weight excluding hydrogens is 820 g/mol. The summed E-state index contributed by atoms with van der Waals surface area (Å²) >= 11 is 0. The number of ether oxygens (including phenoxy) is 2. The van der Waals surface area contributed by atoms with Crippen molar-refractivity contribution in [2.24, 2.45) is 13.0 Å². The van der Waals surface area contributed by atoms with Crippen molar-refractivity contribution >= 4 is 45.8 Å². The van der Waals surface area contributed by atoms with Crippen LogP contribution in [-0.2, 0) is 26.1 Å². The summed E-state index contributed by atoms with van der Waals surface area (Å²) in [6.45, 7) is 4.08. The third kappa shape index (κ3) is 8.15. The number of para-hydroxylation sites is 1. The number of hydrogen-bond acceptors (Lipinski definition) is 11. The van der Waals surface area contributed by atoms with Gasteiger partial charge in [-0.3, -0.25) is 29.1 Å². The molecule has 5 aromatic rings. The quantitative estimate of drug-likeness (QED) is 0.145. The predicted molar refractivity (Wildman–Crippen MR) is 223 cm³/mol. The number of morpholine rings is 1. The van der Waals surface area contributed by atoms with Gasteiger partial charge in [-0.05, 0) is 63.4 Å². The van der Waals surface area contributed by atoms with E-state index in [1.165, 1.54) is 23.1 Å². The van der Waals surface area contributed by atoms with Crippen molar-refractivity contribution in [3.05, 3.63) is 65.1 Å². The molecular formula is C44H48F3N11O5. The second kappa shape index (κ2) is 17.0. The van der Waals surface area contributed by atoms with E-state index in [4.69, 9.17) is 9.47 Å². The molecule has 4 saturated heterocycles. The highest BCUT2D eigenvalue weighted by atomic mass is 19.3. The Morgan fingerprint density at radius 3 is 2.63 bits per heavy atom. The molecule has 1 saturated carbocycles. The maximum atomic E-state index is 15.1. The zero-order valence-corrected chi connectivity index (χ0v) is 34.8. The number of piperidine rings is 2. The van der Waals surface area contributed by atoms with Crippen molar-refractivity contribution in [1.82, 2.24) is 44.4 Å². The van der Waals surface area contributed by atoms with Crippen LogP contribution in [0.4, 0.5) is 24.7 Å². The van der Waals surface area contributed by atoms with Crippen LogP contribution in [0.5, 0.6) is 0 Å². The normalized spacial score (nSPS) is 24.4. The number of aromatic nitrogens is 7. The molecule has 2 bridgehead atoms. The summed E-state index contributed by atoms with van der Waals surface area (Å²) in [6, 6.07) is 5.70. The number of nitrogens with zero attached hydrogens (tertiary/aromatic N) is 9. The molecule has 5 aliphatic rings. The number of halogens is 3.